The molecular formula is C8H11N5O3. The molecule has 1 saturated heterocycles. The molecule has 0 aromatic carbocycles. The van der Waals surface area contributed by atoms with Crippen LogP contribution < -0.4 is 10.6 Å². The summed E-state index contributed by atoms with van der Waals surface area (Å²) in [7, 11) is 1.66. The van der Waals surface area contributed by atoms with E-state index < -0.39 is 4.92 Å². The minimum Gasteiger partial charge on any atom is -0.359 e. The van der Waals surface area contributed by atoms with Crippen LogP contribution in [0.4, 0.5) is 11.6 Å². The van der Waals surface area contributed by atoms with E-state index >= 15 is 0 Å². The van der Waals surface area contributed by atoms with Crippen molar-refractivity contribution in [3.63, 3.8) is 0 Å². The molecule has 0 spiro atoms. The maximum Gasteiger partial charge on any atom is 0.406 e. The van der Waals surface area contributed by atoms with Crippen LogP contribution in [-0.2, 0) is 11.8 Å². The smallest absolute Gasteiger partial charge is 0.359 e. The Balaban J connectivity index is 2.17. The van der Waals surface area contributed by atoms with Gasteiger partial charge < -0.3 is 20.7 Å². The highest BCUT2D eigenvalue weighted by atomic mass is 16.6. The van der Waals surface area contributed by atoms with Crippen molar-refractivity contribution < 1.29 is 9.72 Å². The number of rotatable bonds is 3. The lowest BCUT2D eigenvalue weighted by atomic mass is 10.2. The van der Waals surface area contributed by atoms with Crippen LogP contribution in [0.25, 0.3) is 0 Å². The summed E-state index contributed by atoms with van der Waals surface area (Å²) in [5.74, 6) is 0.0515. The molecule has 1 aromatic rings. The first-order valence-electron chi connectivity index (χ1n) is 4.77. The number of nitro groups is 1. The van der Waals surface area contributed by atoms with Gasteiger partial charge in [-0.3, -0.25) is 9.36 Å². The number of carbonyl (C=O) groups is 1. The van der Waals surface area contributed by atoms with E-state index in [1.807, 2.05) is 0 Å². The number of nitrogens with zero attached hydrogens (tertiary/aromatic N) is 3. The van der Waals surface area contributed by atoms with Crippen molar-refractivity contribution in [3.05, 3.63) is 16.4 Å². The van der Waals surface area contributed by atoms with Crippen molar-refractivity contribution >= 4 is 17.5 Å². The molecule has 1 unspecified atom stereocenters. The highest BCUT2D eigenvalue weighted by Gasteiger charge is 2.27. The van der Waals surface area contributed by atoms with Gasteiger partial charge in [-0.25, -0.2) is 0 Å². The second-order valence-electron chi connectivity index (χ2n) is 3.63. The molecule has 2 rings (SSSR count). The van der Waals surface area contributed by atoms with Gasteiger partial charge in [0.15, 0.2) is 0 Å². The fraction of sp³-hybridized carbons (Fsp3) is 0.500. The number of anilines is 1. The molecule has 0 saturated carbocycles. The Morgan fingerprint density at radius 2 is 2.50 bits per heavy atom. The Labute approximate surface area is 90.8 Å². The van der Waals surface area contributed by atoms with Gasteiger partial charge >= 0.3 is 5.82 Å². The van der Waals surface area contributed by atoms with Crippen LogP contribution >= 0.6 is 0 Å². The minimum atomic E-state index is -0.549. The molecule has 2 heterocycles. The second-order valence-corrected chi connectivity index (χ2v) is 3.63. The Morgan fingerprint density at radius 3 is 3.06 bits per heavy atom. The molecule has 1 atom stereocenters. The maximum atomic E-state index is 11.0. The Kier molecular flexibility index (Phi) is 2.47. The van der Waals surface area contributed by atoms with Gasteiger partial charge in [0.25, 0.3) is 0 Å². The van der Waals surface area contributed by atoms with E-state index in [4.69, 9.17) is 0 Å². The summed E-state index contributed by atoms with van der Waals surface area (Å²) >= 11 is 0. The second kappa shape index (κ2) is 3.80. The first-order chi connectivity index (χ1) is 7.58. The van der Waals surface area contributed by atoms with Gasteiger partial charge in [-0.15, -0.1) is 0 Å². The van der Waals surface area contributed by atoms with Gasteiger partial charge in [0.1, 0.15) is 0 Å². The third-order valence-corrected chi connectivity index (χ3v) is 2.41. The van der Waals surface area contributed by atoms with Gasteiger partial charge in [0.2, 0.25) is 18.1 Å². The van der Waals surface area contributed by atoms with E-state index in [1.165, 1.54) is 10.9 Å². The lowest BCUT2D eigenvalue weighted by Gasteiger charge is -2.10. The summed E-state index contributed by atoms with van der Waals surface area (Å²) in [6, 6.07) is -0.124. The van der Waals surface area contributed by atoms with Crippen LogP contribution in [0.2, 0.25) is 0 Å². The van der Waals surface area contributed by atoms with Crippen molar-refractivity contribution in [2.24, 2.45) is 7.05 Å². The first kappa shape index (κ1) is 10.4. The number of aryl methyl sites for hydroxylation is 1. The van der Waals surface area contributed by atoms with E-state index in [9.17, 15) is 14.9 Å². The summed E-state index contributed by atoms with van der Waals surface area (Å²) in [6.45, 7) is 0.473. The molecule has 1 aliphatic heterocycles. The lowest BCUT2D eigenvalue weighted by Crippen LogP contribution is -2.23. The van der Waals surface area contributed by atoms with Crippen molar-refractivity contribution in [1.82, 2.24) is 14.9 Å². The fourth-order valence-electron chi connectivity index (χ4n) is 1.62. The molecule has 1 amide bonds. The van der Waals surface area contributed by atoms with E-state index in [0.29, 0.717) is 18.8 Å². The number of aromatic nitrogens is 2. The highest BCUT2D eigenvalue weighted by molar-refractivity contribution is 5.79. The number of hydrogen-bond donors (Lipinski definition) is 2. The number of nitrogens with one attached hydrogen (secondary N) is 2. The largest absolute Gasteiger partial charge is 0.406 e. The monoisotopic (exact) mass is 225 g/mol. The molecule has 0 bridgehead atoms. The van der Waals surface area contributed by atoms with Crippen LogP contribution in [0.15, 0.2) is 6.33 Å². The van der Waals surface area contributed by atoms with Gasteiger partial charge in [0.05, 0.1) is 6.04 Å². The average molecular weight is 225 g/mol. The van der Waals surface area contributed by atoms with Crippen LogP contribution in [-0.4, -0.2) is 33.0 Å². The zero-order chi connectivity index (χ0) is 11.7. The predicted octanol–water partition coefficient (Wildman–Crippen LogP) is -0.371. The number of hydrogen-bond acceptors (Lipinski definition) is 5. The third-order valence-electron chi connectivity index (χ3n) is 2.41. The molecule has 0 radical (unpaired) electrons. The summed E-state index contributed by atoms with van der Waals surface area (Å²) in [5.41, 5.74) is 0. The Bertz CT molecular complexity index is 441. The lowest BCUT2D eigenvalue weighted by molar-refractivity contribution is -0.388. The quantitative estimate of drug-likeness (QED) is 0.539. The Hall–Kier alpha value is -2.12. The highest BCUT2D eigenvalue weighted by Crippen LogP contribution is 2.22. The third kappa shape index (κ3) is 1.81. The van der Waals surface area contributed by atoms with Gasteiger partial charge in [-0.05, 0) is 9.91 Å². The topological polar surface area (TPSA) is 102 Å². The van der Waals surface area contributed by atoms with E-state index in [-0.39, 0.29) is 17.8 Å². The minimum absolute atomic E-state index is 0.0534. The molecule has 1 fully saturated rings. The van der Waals surface area contributed by atoms with Gasteiger partial charge in [0, 0.05) is 20.0 Å². The molecule has 8 nitrogen and oxygen atoms in total. The zero-order valence-corrected chi connectivity index (χ0v) is 8.64. The normalized spacial score (nSPS) is 19.6. The molecule has 2 N–H and O–H groups in total. The van der Waals surface area contributed by atoms with E-state index in [0.717, 1.165) is 0 Å². The Morgan fingerprint density at radius 1 is 1.75 bits per heavy atom. The molecule has 16 heavy (non-hydrogen) atoms. The number of imidazole rings is 1. The number of amides is 1. The molecule has 1 aromatic heterocycles. The predicted molar refractivity (Wildman–Crippen MR) is 54.9 cm³/mol. The molecule has 0 aliphatic carbocycles. The van der Waals surface area contributed by atoms with Crippen molar-refractivity contribution in [2.45, 2.75) is 12.5 Å². The maximum absolute atomic E-state index is 11.0. The molecular weight excluding hydrogens is 214 g/mol. The summed E-state index contributed by atoms with van der Waals surface area (Å²) in [4.78, 5) is 24.8. The van der Waals surface area contributed by atoms with Gasteiger partial charge in [-0.2, -0.15) is 0 Å². The summed E-state index contributed by atoms with van der Waals surface area (Å²) in [5, 5.41) is 16.3. The molecule has 86 valence electrons. The summed E-state index contributed by atoms with van der Waals surface area (Å²) in [6.07, 6.45) is 1.69. The standard InChI is InChI=1S/C8H11N5O3/c1-12-4-10-7(13(15)16)8(12)11-5-2-6(14)9-3-5/h4-5,11H,2-3H2,1H3,(H,9,14). The number of carbonyl (C=O) groups excluding carboxylic acids is 1. The zero-order valence-electron chi connectivity index (χ0n) is 8.64. The molecule has 8 heteroatoms. The molecule has 1 aliphatic rings. The SMILES string of the molecule is Cn1cnc([N+](=O)[O-])c1NC1CNC(=O)C1. The van der Waals surface area contributed by atoms with Crippen LogP contribution in [0.1, 0.15) is 6.42 Å². The average Bonchev–Trinajstić information content (AvgIpc) is 2.76. The van der Waals surface area contributed by atoms with Crippen LogP contribution in [0.3, 0.4) is 0 Å². The first-order valence-corrected chi connectivity index (χ1v) is 4.77. The summed E-state index contributed by atoms with van der Waals surface area (Å²) < 4.78 is 1.53. The van der Waals surface area contributed by atoms with Crippen LogP contribution in [0.5, 0.6) is 0 Å². The van der Waals surface area contributed by atoms with Crippen LogP contribution in [0, 0.1) is 10.1 Å². The van der Waals surface area contributed by atoms with Crippen molar-refractivity contribution in [2.75, 3.05) is 11.9 Å². The van der Waals surface area contributed by atoms with E-state index in [1.54, 1.807) is 7.05 Å². The van der Waals surface area contributed by atoms with E-state index in [2.05, 4.69) is 15.6 Å². The fourth-order valence-corrected chi connectivity index (χ4v) is 1.62. The van der Waals surface area contributed by atoms with Crippen molar-refractivity contribution in [1.29, 1.82) is 0 Å². The van der Waals surface area contributed by atoms with Crippen molar-refractivity contribution in [3.8, 4) is 0 Å². The van der Waals surface area contributed by atoms with Gasteiger partial charge in [-0.1, -0.05) is 0 Å².